The lowest BCUT2D eigenvalue weighted by atomic mass is 10.0. The van der Waals surface area contributed by atoms with Gasteiger partial charge in [0, 0.05) is 11.6 Å². The largest absolute Gasteiger partial charge is 0.207 e. The van der Waals surface area contributed by atoms with E-state index in [9.17, 15) is 8.78 Å². The predicted octanol–water partition coefficient (Wildman–Crippen LogP) is 5.27. The first-order valence-electron chi connectivity index (χ1n) is 4.82. The minimum absolute atomic E-state index is 0.319. The zero-order chi connectivity index (χ0) is 12.6. The molecule has 2 rings (SSSR count). The summed E-state index contributed by atoms with van der Waals surface area (Å²) >= 11 is 9.94. The van der Waals surface area contributed by atoms with Crippen LogP contribution in [0.2, 0.25) is 0 Å². The van der Waals surface area contributed by atoms with E-state index in [1.54, 1.807) is 18.3 Å². The monoisotopic (exact) mass is 384 g/mol. The smallest absolute Gasteiger partial charge is 0.131 e. The van der Waals surface area contributed by atoms with Crippen LogP contribution >= 0.6 is 45.5 Å². The van der Waals surface area contributed by atoms with E-state index in [2.05, 4.69) is 22.6 Å². The summed E-state index contributed by atoms with van der Waals surface area (Å²) in [4.78, 5) is 0. The van der Waals surface area contributed by atoms with Gasteiger partial charge in [-0.2, -0.15) is 0 Å². The van der Waals surface area contributed by atoms with Crippen molar-refractivity contribution in [3.8, 4) is 0 Å². The molecule has 0 aliphatic rings. The molecule has 1 atom stereocenters. The Balaban J connectivity index is 2.43. The molecule has 0 aliphatic heterocycles. The Labute approximate surface area is 121 Å². The second kappa shape index (κ2) is 5.20. The van der Waals surface area contributed by atoms with Crippen molar-refractivity contribution in [2.24, 2.45) is 0 Å². The number of alkyl halides is 1. The molecule has 1 unspecified atom stereocenters. The van der Waals surface area contributed by atoms with Gasteiger partial charge in [0.25, 0.3) is 0 Å². The van der Waals surface area contributed by atoms with E-state index in [1.807, 2.05) is 11.4 Å². The molecule has 5 heteroatoms. The van der Waals surface area contributed by atoms with Crippen LogP contribution < -0.4 is 0 Å². The van der Waals surface area contributed by atoms with E-state index in [1.165, 1.54) is 6.07 Å². The fourth-order valence-corrected chi connectivity index (χ4v) is 3.28. The van der Waals surface area contributed by atoms with E-state index in [4.69, 9.17) is 11.6 Å². The number of rotatable bonds is 2. The zero-order valence-electron chi connectivity index (χ0n) is 8.81. The van der Waals surface area contributed by atoms with Crippen LogP contribution in [0.15, 0.2) is 23.6 Å². The molecule has 0 aliphatic carbocycles. The summed E-state index contributed by atoms with van der Waals surface area (Å²) in [6, 6.07) is 4.26. The average molecular weight is 385 g/mol. The molecule has 0 saturated carbocycles. The van der Waals surface area contributed by atoms with Crippen LogP contribution in [0.4, 0.5) is 8.78 Å². The highest BCUT2D eigenvalue weighted by molar-refractivity contribution is 14.1. The molecule has 1 aromatic carbocycles. The maximum absolute atomic E-state index is 13.7. The minimum Gasteiger partial charge on any atom is -0.207 e. The maximum Gasteiger partial charge on any atom is 0.131 e. The summed E-state index contributed by atoms with van der Waals surface area (Å²) in [5.74, 6) is -1.15. The fourth-order valence-electron chi connectivity index (χ4n) is 1.51. The molecule has 2 aromatic rings. The Morgan fingerprint density at radius 3 is 2.53 bits per heavy atom. The molecule has 1 aromatic heterocycles. The summed E-state index contributed by atoms with van der Waals surface area (Å²) < 4.78 is 27.9. The summed E-state index contributed by atoms with van der Waals surface area (Å²) in [5, 5.41) is 1.31. The molecule has 0 bridgehead atoms. The molecular formula is C12H8ClF2IS. The second-order valence-corrected chi connectivity index (χ2v) is 6.91. The van der Waals surface area contributed by atoms with Gasteiger partial charge in [-0.15, -0.1) is 22.9 Å². The van der Waals surface area contributed by atoms with Crippen molar-refractivity contribution < 1.29 is 8.78 Å². The lowest BCUT2D eigenvalue weighted by Gasteiger charge is -2.10. The van der Waals surface area contributed by atoms with Gasteiger partial charge in [0.1, 0.15) is 11.6 Å². The Morgan fingerprint density at radius 1 is 1.24 bits per heavy atom. The normalized spacial score (nSPS) is 12.8. The van der Waals surface area contributed by atoms with Crippen molar-refractivity contribution in [2.45, 2.75) is 12.3 Å². The Bertz CT molecular complexity index is 553. The quantitative estimate of drug-likeness (QED) is 0.489. The van der Waals surface area contributed by atoms with Gasteiger partial charge in [-0.1, -0.05) is 0 Å². The molecule has 1 heterocycles. The molecule has 0 fully saturated rings. The third-order valence-corrected chi connectivity index (χ3v) is 4.73. The number of benzene rings is 1. The first kappa shape index (κ1) is 13.2. The van der Waals surface area contributed by atoms with Gasteiger partial charge in [0.05, 0.1) is 8.26 Å². The van der Waals surface area contributed by atoms with Gasteiger partial charge in [-0.25, -0.2) is 8.78 Å². The second-order valence-electron chi connectivity index (χ2n) is 3.67. The van der Waals surface area contributed by atoms with Crippen LogP contribution in [0.3, 0.4) is 0 Å². The molecule has 0 nitrogen and oxygen atoms in total. The number of halogens is 4. The highest BCUT2D eigenvalue weighted by Crippen LogP contribution is 2.34. The molecule has 0 saturated heterocycles. The van der Waals surface area contributed by atoms with Crippen LogP contribution in [-0.2, 0) is 0 Å². The van der Waals surface area contributed by atoms with Crippen molar-refractivity contribution >= 4 is 45.5 Å². The van der Waals surface area contributed by atoms with Gasteiger partial charge in [0.15, 0.2) is 0 Å². The molecule has 90 valence electrons. The average Bonchev–Trinajstić information content (AvgIpc) is 2.69. The van der Waals surface area contributed by atoms with Crippen LogP contribution in [0.1, 0.15) is 22.1 Å². The summed E-state index contributed by atoms with van der Waals surface area (Å²) in [7, 11) is 0. The topological polar surface area (TPSA) is 0 Å². The van der Waals surface area contributed by atoms with Crippen molar-refractivity contribution in [3.05, 3.63) is 54.8 Å². The maximum atomic E-state index is 13.7. The minimum atomic E-state index is -0.602. The SMILES string of the molecule is Cc1cc(C(Cl)c2csc(I)c2)c(F)cc1F. The van der Waals surface area contributed by atoms with Gasteiger partial charge < -0.3 is 0 Å². The van der Waals surface area contributed by atoms with E-state index < -0.39 is 17.0 Å². The van der Waals surface area contributed by atoms with Crippen LogP contribution in [0, 0.1) is 21.4 Å². The Hall–Kier alpha value is -0.200. The lowest BCUT2D eigenvalue weighted by molar-refractivity contribution is 0.568. The first-order valence-corrected chi connectivity index (χ1v) is 7.22. The Kier molecular flexibility index (Phi) is 4.05. The van der Waals surface area contributed by atoms with Crippen molar-refractivity contribution in [2.75, 3.05) is 0 Å². The van der Waals surface area contributed by atoms with E-state index in [0.29, 0.717) is 11.1 Å². The highest BCUT2D eigenvalue weighted by atomic mass is 127. The Morgan fingerprint density at radius 2 is 1.94 bits per heavy atom. The van der Waals surface area contributed by atoms with Crippen molar-refractivity contribution in [1.29, 1.82) is 0 Å². The van der Waals surface area contributed by atoms with Crippen molar-refractivity contribution in [3.63, 3.8) is 0 Å². The number of hydrogen-bond acceptors (Lipinski definition) is 1. The molecule has 0 amide bonds. The van der Waals surface area contributed by atoms with Gasteiger partial charge >= 0.3 is 0 Å². The molecule has 0 spiro atoms. The molecular weight excluding hydrogens is 377 g/mol. The molecule has 17 heavy (non-hydrogen) atoms. The molecule has 0 N–H and O–H groups in total. The van der Waals surface area contributed by atoms with E-state index in [0.717, 1.165) is 14.5 Å². The summed E-state index contributed by atoms with van der Waals surface area (Å²) in [5.41, 5.74) is 1.56. The van der Waals surface area contributed by atoms with Gasteiger partial charge in [0.2, 0.25) is 0 Å². The predicted molar refractivity (Wildman–Crippen MR) is 75.8 cm³/mol. The van der Waals surface area contributed by atoms with Crippen LogP contribution in [-0.4, -0.2) is 0 Å². The van der Waals surface area contributed by atoms with E-state index in [-0.39, 0.29) is 0 Å². The summed E-state index contributed by atoms with van der Waals surface area (Å²) in [6.07, 6.45) is 0. The zero-order valence-corrected chi connectivity index (χ0v) is 12.5. The number of hydrogen-bond donors (Lipinski definition) is 0. The third kappa shape index (κ3) is 2.80. The molecule has 0 radical (unpaired) electrons. The van der Waals surface area contributed by atoms with Crippen LogP contribution in [0.25, 0.3) is 0 Å². The number of aryl methyl sites for hydroxylation is 1. The van der Waals surface area contributed by atoms with E-state index >= 15 is 0 Å². The standard InChI is InChI=1S/C12H8ClF2IS/c1-6-2-8(10(15)4-9(6)14)12(13)7-3-11(16)17-5-7/h2-5,12H,1H3. The van der Waals surface area contributed by atoms with Gasteiger partial charge in [-0.05, 0) is 58.2 Å². The van der Waals surface area contributed by atoms with Crippen molar-refractivity contribution in [1.82, 2.24) is 0 Å². The number of thiophene rings is 1. The third-order valence-electron chi connectivity index (χ3n) is 2.43. The fraction of sp³-hybridized carbons (Fsp3) is 0.167. The van der Waals surface area contributed by atoms with Gasteiger partial charge in [-0.3, -0.25) is 0 Å². The summed E-state index contributed by atoms with van der Waals surface area (Å²) in [6.45, 7) is 1.60. The lowest BCUT2D eigenvalue weighted by Crippen LogP contribution is -1.98. The highest BCUT2D eigenvalue weighted by Gasteiger charge is 2.18. The van der Waals surface area contributed by atoms with Crippen LogP contribution in [0.5, 0.6) is 0 Å². The first-order chi connectivity index (χ1) is 7.99.